The molecule has 1 saturated heterocycles. The van der Waals surface area contributed by atoms with Crippen LogP contribution in [0.1, 0.15) is 18.4 Å². The summed E-state index contributed by atoms with van der Waals surface area (Å²) in [4.78, 5) is 22.0. The van der Waals surface area contributed by atoms with Crippen LogP contribution in [-0.2, 0) is 11.3 Å². The Hall–Kier alpha value is -2.64. The first-order chi connectivity index (χ1) is 14.7. The molecular weight excluding hydrogens is 396 g/mol. The van der Waals surface area contributed by atoms with E-state index in [9.17, 15) is 4.79 Å². The first kappa shape index (κ1) is 19.3. The Bertz CT molecular complexity index is 1000. The van der Waals surface area contributed by atoms with Crippen LogP contribution in [0.25, 0.3) is 10.2 Å². The first-order valence-corrected chi connectivity index (χ1v) is 11.4. The summed E-state index contributed by atoms with van der Waals surface area (Å²) in [5, 5.41) is 4.31. The van der Waals surface area contributed by atoms with E-state index in [0.717, 1.165) is 61.0 Å². The number of hydrogen-bond acceptors (Lipinski definition) is 6. The maximum atomic E-state index is 12.8. The lowest BCUT2D eigenvalue weighted by atomic mass is 10.1. The Balaban J connectivity index is 1.19. The second-order valence-electron chi connectivity index (χ2n) is 7.98. The zero-order valence-corrected chi connectivity index (χ0v) is 17.7. The third kappa shape index (κ3) is 4.27. The predicted molar refractivity (Wildman–Crippen MR) is 120 cm³/mol. The molecular formula is C23H26N4O2S. The minimum absolute atomic E-state index is 0.0885. The average Bonchev–Trinajstić information content (AvgIpc) is 3.09. The number of nitrogens with one attached hydrogen (secondary N) is 1. The molecule has 2 aromatic carbocycles. The molecule has 3 heterocycles. The van der Waals surface area contributed by atoms with Gasteiger partial charge in [0.2, 0.25) is 5.91 Å². The van der Waals surface area contributed by atoms with Crippen LogP contribution in [0.4, 0.5) is 5.13 Å². The van der Waals surface area contributed by atoms with Crippen molar-refractivity contribution in [2.24, 2.45) is 0 Å². The van der Waals surface area contributed by atoms with Crippen LogP contribution in [0.5, 0.6) is 5.75 Å². The highest BCUT2D eigenvalue weighted by molar-refractivity contribution is 7.22. The molecule has 30 heavy (non-hydrogen) atoms. The van der Waals surface area contributed by atoms with Crippen LogP contribution in [0.3, 0.4) is 0 Å². The molecule has 1 atom stereocenters. The van der Waals surface area contributed by atoms with E-state index in [0.29, 0.717) is 13.2 Å². The topological polar surface area (TPSA) is 57.7 Å². The molecule has 156 valence electrons. The van der Waals surface area contributed by atoms with Crippen LogP contribution in [0, 0.1) is 0 Å². The number of ether oxygens (including phenoxy) is 1. The SMILES string of the molecule is O=C(CN1CCOc2ccccc2C1)NC1CCCN(c2nc3ccccc3s2)C1. The van der Waals surface area contributed by atoms with E-state index in [1.807, 2.05) is 24.3 Å². The number of nitrogens with zero attached hydrogens (tertiary/aromatic N) is 3. The fraction of sp³-hybridized carbons (Fsp3) is 0.391. The number of para-hydroxylation sites is 2. The van der Waals surface area contributed by atoms with Gasteiger partial charge in [-0.2, -0.15) is 0 Å². The fourth-order valence-corrected chi connectivity index (χ4v) is 5.26. The molecule has 0 spiro atoms. The lowest BCUT2D eigenvalue weighted by Crippen LogP contribution is -2.50. The van der Waals surface area contributed by atoms with Gasteiger partial charge in [0.15, 0.2) is 5.13 Å². The summed E-state index contributed by atoms with van der Waals surface area (Å²) in [6.45, 7) is 4.31. The molecule has 1 N–H and O–H groups in total. The number of aromatic nitrogens is 1. The molecule has 2 aliphatic heterocycles. The van der Waals surface area contributed by atoms with Crippen LogP contribution in [-0.4, -0.2) is 54.6 Å². The lowest BCUT2D eigenvalue weighted by Gasteiger charge is -2.33. The summed E-state index contributed by atoms with van der Waals surface area (Å²) in [6, 6.07) is 16.5. The molecule has 1 unspecified atom stereocenters. The van der Waals surface area contributed by atoms with Crippen molar-refractivity contribution < 1.29 is 9.53 Å². The largest absolute Gasteiger partial charge is 0.492 e. The number of fused-ring (bicyclic) bond motifs is 2. The molecule has 0 bridgehead atoms. The molecule has 3 aromatic rings. The summed E-state index contributed by atoms with van der Waals surface area (Å²) in [6.07, 6.45) is 2.07. The number of carbonyl (C=O) groups excluding carboxylic acids is 1. The number of anilines is 1. The predicted octanol–water partition coefficient (Wildman–Crippen LogP) is 3.28. The van der Waals surface area contributed by atoms with E-state index >= 15 is 0 Å². The summed E-state index contributed by atoms with van der Waals surface area (Å²) in [5.41, 5.74) is 2.19. The van der Waals surface area contributed by atoms with Gasteiger partial charge in [0, 0.05) is 37.8 Å². The quantitative estimate of drug-likeness (QED) is 0.699. The van der Waals surface area contributed by atoms with E-state index in [-0.39, 0.29) is 11.9 Å². The van der Waals surface area contributed by atoms with Gasteiger partial charge < -0.3 is 15.0 Å². The number of thiazole rings is 1. The van der Waals surface area contributed by atoms with Crippen molar-refractivity contribution in [2.75, 3.05) is 37.7 Å². The van der Waals surface area contributed by atoms with Gasteiger partial charge in [0.25, 0.3) is 0 Å². The minimum Gasteiger partial charge on any atom is -0.492 e. The third-order valence-electron chi connectivity index (χ3n) is 5.74. The molecule has 6 nitrogen and oxygen atoms in total. The highest BCUT2D eigenvalue weighted by atomic mass is 32.1. The van der Waals surface area contributed by atoms with Crippen molar-refractivity contribution in [3.05, 3.63) is 54.1 Å². The highest BCUT2D eigenvalue weighted by Crippen LogP contribution is 2.30. The fourth-order valence-electron chi connectivity index (χ4n) is 4.26. The van der Waals surface area contributed by atoms with E-state index in [2.05, 4.69) is 39.4 Å². The van der Waals surface area contributed by atoms with E-state index in [4.69, 9.17) is 9.72 Å². The van der Waals surface area contributed by atoms with Crippen molar-refractivity contribution >= 4 is 32.6 Å². The van der Waals surface area contributed by atoms with Crippen LogP contribution in [0.15, 0.2) is 48.5 Å². The summed E-state index contributed by atoms with van der Waals surface area (Å²) in [7, 11) is 0. The monoisotopic (exact) mass is 422 g/mol. The Morgan fingerprint density at radius 3 is 2.97 bits per heavy atom. The summed E-state index contributed by atoms with van der Waals surface area (Å²) in [5.74, 6) is 1.02. The second kappa shape index (κ2) is 8.62. The minimum atomic E-state index is 0.0885. The number of benzene rings is 2. The normalized spacial score (nSPS) is 19.7. The molecule has 1 aromatic heterocycles. The van der Waals surface area contributed by atoms with Gasteiger partial charge in [-0.15, -0.1) is 0 Å². The highest BCUT2D eigenvalue weighted by Gasteiger charge is 2.25. The van der Waals surface area contributed by atoms with Gasteiger partial charge in [0.05, 0.1) is 16.8 Å². The number of hydrogen-bond donors (Lipinski definition) is 1. The molecule has 0 aliphatic carbocycles. The zero-order chi connectivity index (χ0) is 20.3. The summed E-state index contributed by atoms with van der Waals surface area (Å²) < 4.78 is 7.02. The van der Waals surface area contributed by atoms with Crippen LogP contribution < -0.4 is 15.0 Å². The Morgan fingerprint density at radius 1 is 1.17 bits per heavy atom. The van der Waals surface area contributed by atoms with E-state index in [1.54, 1.807) is 11.3 Å². The number of amides is 1. The van der Waals surface area contributed by atoms with E-state index < -0.39 is 0 Å². The van der Waals surface area contributed by atoms with Gasteiger partial charge in [0.1, 0.15) is 12.4 Å². The lowest BCUT2D eigenvalue weighted by molar-refractivity contribution is -0.123. The van der Waals surface area contributed by atoms with Crippen LogP contribution >= 0.6 is 11.3 Å². The van der Waals surface area contributed by atoms with Gasteiger partial charge in [-0.3, -0.25) is 9.69 Å². The van der Waals surface area contributed by atoms with Crippen molar-refractivity contribution in [3.8, 4) is 5.75 Å². The molecule has 0 radical (unpaired) electrons. The Kier molecular flexibility index (Phi) is 5.55. The Labute approximate surface area is 180 Å². The summed E-state index contributed by atoms with van der Waals surface area (Å²) >= 11 is 1.73. The zero-order valence-electron chi connectivity index (χ0n) is 16.9. The van der Waals surface area contributed by atoms with Crippen molar-refractivity contribution in [1.82, 2.24) is 15.2 Å². The number of rotatable bonds is 4. The standard InChI is InChI=1S/C23H26N4O2S/c28-22(16-26-12-13-29-20-9-3-1-6-17(20)14-26)24-18-7-5-11-27(15-18)23-25-19-8-2-4-10-21(19)30-23/h1-4,6,8-10,18H,5,7,11-16H2,(H,24,28). The average molecular weight is 423 g/mol. The molecule has 1 fully saturated rings. The molecule has 1 amide bonds. The van der Waals surface area contributed by atoms with Gasteiger partial charge in [-0.25, -0.2) is 4.98 Å². The van der Waals surface area contributed by atoms with Crippen molar-refractivity contribution in [1.29, 1.82) is 0 Å². The Morgan fingerprint density at radius 2 is 2.03 bits per heavy atom. The molecule has 7 heteroatoms. The van der Waals surface area contributed by atoms with E-state index in [1.165, 1.54) is 4.70 Å². The van der Waals surface area contributed by atoms with Gasteiger partial charge >= 0.3 is 0 Å². The van der Waals surface area contributed by atoms with Crippen LogP contribution in [0.2, 0.25) is 0 Å². The molecule has 5 rings (SSSR count). The molecule has 0 saturated carbocycles. The van der Waals surface area contributed by atoms with Crippen molar-refractivity contribution in [2.45, 2.75) is 25.4 Å². The smallest absolute Gasteiger partial charge is 0.234 e. The van der Waals surface area contributed by atoms with Gasteiger partial charge in [-0.05, 0) is 31.0 Å². The maximum absolute atomic E-state index is 12.8. The second-order valence-corrected chi connectivity index (χ2v) is 8.99. The molecule has 2 aliphatic rings. The third-order valence-corrected chi connectivity index (χ3v) is 6.84. The van der Waals surface area contributed by atoms with Crippen molar-refractivity contribution in [3.63, 3.8) is 0 Å². The first-order valence-electron chi connectivity index (χ1n) is 10.6. The number of piperidine rings is 1. The maximum Gasteiger partial charge on any atom is 0.234 e. The van der Waals surface area contributed by atoms with Gasteiger partial charge in [-0.1, -0.05) is 41.7 Å². The number of carbonyl (C=O) groups is 1.